The van der Waals surface area contributed by atoms with Crippen LogP contribution in [0.5, 0.6) is 0 Å². The molecule has 0 bridgehead atoms. The number of rotatable bonds is 6. The molecule has 3 rings (SSSR count). The third-order valence-electron chi connectivity index (χ3n) is 4.91. The SMILES string of the molecule is CC(O)NCCS(N)(=O)=O.CN1C/C=C/C2C=C(Cc3ccc(F)cc3)C=NC2/C=C/C1=O. The average molecular weight is 479 g/mol. The van der Waals surface area contributed by atoms with Crippen molar-refractivity contribution in [2.45, 2.75) is 25.6 Å². The normalized spacial score (nSPS) is 23.1. The molecule has 10 heteroatoms. The number of allylic oxidation sites excluding steroid dienone is 1. The lowest BCUT2D eigenvalue weighted by Gasteiger charge is -2.20. The van der Waals surface area contributed by atoms with E-state index in [9.17, 15) is 17.6 Å². The highest BCUT2D eigenvalue weighted by Gasteiger charge is 2.19. The van der Waals surface area contributed by atoms with Crippen molar-refractivity contribution < 1.29 is 22.7 Å². The van der Waals surface area contributed by atoms with Crippen LogP contribution < -0.4 is 10.5 Å². The molecular formula is C23H31FN4O4S. The molecule has 8 nitrogen and oxygen atoms in total. The number of benzene rings is 1. The second kappa shape index (κ2) is 12.5. The first kappa shape index (κ1) is 26.6. The van der Waals surface area contributed by atoms with Gasteiger partial charge in [0.05, 0.1) is 11.8 Å². The number of primary sulfonamides is 1. The predicted octanol–water partition coefficient (Wildman–Crippen LogP) is 1.15. The number of nitrogens with one attached hydrogen (secondary N) is 1. The van der Waals surface area contributed by atoms with Crippen molar-refractivity contribution >= 4 is 22.1 Å². The molecule has 3 unspecified atom stereocenters. The van der Waals surface area contributed by atoms with Gasteiger partial charge in [-0.05, 0) is 36.6 Å². The molecular weight excluding hydrogens is 447 g/mol. The summed E-state index contributed by atoms with van der Waals surface area (Å²) in [7, 11) is -1.61. The number of aliphatic hydroxyl groups is 1. The highest BCUT2D eigenvalue weighted by Crippen LogP contribution is 2.22. The maximum Gasteiger partial charge on any atom is 0.246 e. The van der Waals surface area contributed by atoms with Crippen LogP contribution in [-0.4, -0.2) is 68.7 Å². The summed E-state index contributed by atoms with van der Waals surface area (Å²) in [6.07, 6.45) is 11.6. The molecule has 0 spiro atoms. The number of dihydropyridines is 1. The maximum absolute atomic E-state index is 13.0. The van der Waals surface area contributed by atoms with E-state index in [4.69, 9.17) is 5.11 Å². The number of amides is 1. The molecule has 0 aromatic heterocycles. The molecule has 33 heavy (non-hydrogen) atoms. The van der Waals surface area contributed by atoms with E-state index in [1.807, 2.05) is 18.4 Å². The van der Waals surface area contributed by atoms with Gasteiger partial charge >= 0.3 is 0 Å². The Morgan fingerprint density at radius 2 is 2.00 bits per heavy atom. The third kappa shape index (κ3) is 10.2. The first-order chi connectivity index (χ1) is 15.5. The molecule has 0 aliphatic carbocycles. The number of hydrogen-bond donors (Lipinski definition) is 3. The van der Waals surface area contributed by atoms with Gasteiger partial charge in [0.25, 0.3) is 0 Å². The van der Waals surface area contributed by atoms with Crippen molar-refractivity contribution in [3.63, 3.8) is 0 Å². The number of aliphatic hydroxyl groups excluding tert-OH is 1. The van der Waals surface area contributed by atoms with Gasteiger partial charge in [0.15, 0.2) is 0 Å². The summed E-state index contributed by atoms with van der Waals surface area (Å²) in [4.78, 5) is 18.1. The van der Waals surface area contributed by atoms with Crippen molar-refractivity contribution in [3.05, 3.63) is 71.6 Å². The number of aliphatic imine (C=N–C) groups is 1. The van der Waals surface area contributed by atoms with Gasteiger partial charge in [-0.3, -0.25) is 15.1 Å². The fourth-order valence-electron chi connectivity index (χ4n) is 3.14. The molecule has 1 amide bonds. The average Bonchev–Trinajstić information content (AvgIpc) is 2.79. The van der Waals surface area contributed by atoms with Crippen LogP contribution in [0.15, 0.2) is 65.2 Å². The molecule has 0 saturated heterocycles. The zero-order valence-electron chi connectivity index (χ0n) is 18.8. The summed E-state index contributed by atoms with van der Waals surface area (Å²) >= 11 is 0. The minimum atomic E-state index is -3.39. The Kier molecular flexibility index (Phi) is 10.1. The summed E-state index contributed by atoms with van der Waals surface area (Å²) in [6.45, 7) is 2.27. The molecule has 0 fully saturated rings. The number of halogens is 1. The number of hydrogen-bond acceptors (Lipinski definition) is 6. The van der Waals surface area contributed by atoms with E-state index in [1.165, 1.54) is 19.1 Å². The quantitative estimate of drug-likeness (QED) is 0.418. The number of nitrogens with zero attached hydrogens (tertiary/aromatic N) is 2. The van der Waals surface area contributed by atoms with Gasteiger partial charge in [-0.2, -0.15) is 0 Å². The van der Waals surface area contributed by atoms with Crippen molar-refractivity contribution in [2.24, 2.45) is 16.0 Å². The molecule has 0 radical (unpaired) electrons. The van der Waals surface area contributed by atoms with Gasteiger partial charge in [-0.15, -0.1) is 0 Å². The molecule has 1 aromatic rings. The van der Waals surface area contributed by atoms with Crippen molar-refractivity contribution in [2.75, 3.05) is 25.9 Å². The number of nitrogens with two attached hydrogens (primary N) is 1. The Morgan fingerprint density at radius 1 is 1.30 bits per heavy atom. The smallest absolute Gasteiger partial charge is 0.246 e. The number of carbonyl (C=O) groups excluding carboxylic acids is 1. The van der Waals surface area contributed by atoms with E-state index in [-0.39, 0.29) is 36.0 Å². The highest BCUT2D eigenvalue weighted by molar-refractivity contribution is 7.89. The second-order valence-electron chi connectivity index (χ2n) is 7.89. The summed E-state index contributed by atoms with van der Waals surface area (Å²) in [5, 5.41) is 15.8. The fourth-order valence-corrected chi connectivity index (χ4v) is 3.55. The van der Waals surface area contributed by atoms with Crippen molar-refractivity contribution in [1.29, 1.82) is 0 Å². The summed E-state index contributed by atoms with van der Waals surface area (Å²) < 4.78 is 33.5. The van der Waals surface area contributed by atoms with E-state index in [0.29, 0.717) is 6.54 Å². The molecule has 0 saturated carbocycles. The molecule has 180 valence electrons. The number of likely N-dealkylation sites (N-methyl/N-ethyl adjacent to an activating group) is 1. The van der Waals surface area contributed by atoms with E-state index < -0.39 is 16.3 Å². The zero-order chi connectivity index (χ0) is 24.4. The van der Waals surface area contributed by atoms with Crippen LogP contribution in [0, 0.1) is 11.7 Å². The van der Waals surface area contributed by atoms with Gasteiger partial charge in [-0.25, -0.2) is 17.9 Å². The minimum Gasteiger partial charge on any atom is -0.379 e. The minimum absolute atomic E-state index is 0.00779. The molecule has 2 aliphatic heterocycles. The summed E-state index contributed by atoms with van der Waals surface area (Å²) in [5.74, 6) is -0.242. The molecule has 3 atom stereocenters. The monoisotopic (exact) mass is 478 g/mol. The first-order valence-electron chi connectivity index (χ1n) is 10.5. The van der Waals surface area contributed by atoms with Crippen LogP contribution in [0.1, 0.15) is 12.5 Å². The van der Waals surface area contributed by atoms with Gasteiger partial charge in [0.2, 0.25) is 15.9 Å². The van der Waals surface area contributed by atoms with E-state index >= 15 is 0 Å². The fraction of sp³-hybridized carbons (Fsp3) is 0.391. The number of carbonyl (C=O) groups is 1. The Bertz CT molecular complexity index is 1020. The standard InChI is InChI=1S/C19H19FN2O.C4H12N2O3S/c1-22-10-2-3-16-12-15(11-14-4-6-17(20)7-5-14)13-21-18(16)8-9-19(22)23;1-4(7)6-2-3-10(5,8)9/h2-9,12-13,16,18H,10-11H2,1H3;4,6-7H,2-3H2,1H3,(H2,5,8,9)/b3-2+,9-8+;. The van der Waals surface area contributed by atoms with E-state index in [1.54, 1.807) is 30.2 Å². The molecule has 1 aromatic carbocycles. The summed E-state index contributed by atoms with van der Waals surface area (Å²) in [5.41, 5.74) is 2.16. The van der Waals surface area contributed by atoms with Crippen LogP contribution in [0.25, 0.3) is 0 Å². The van der Waals surface area contributed by atoms with Crippen molar-refractivity contribution in [3.8, 4) is 0 Å². The van der Waals surface area contributed by atoms with Crippen LogP contribution in [-0.2, 0) is 21.2 Å². The lowest BCUT2D eigenvalue weighted by molar-refractivity contribution is -0.124. The third-order valence-corrected chi connectivity index (χ3v) is 5.68. The number of sulfonamides is 1. The van der Waals surface area contributed by atoms with Crippen LogP contribution in [0.4, 0.5) is 4.39 Å². The van der Waals surface area contributed by atoms with Gasteiger partial charge in [0, 0.05) is 38.3 Å². The maximum atomic E-state index is 13.0. The number of fused-ring (bicyclic) bond motifs is 1. The highest BCUT2D eigenvalue weighted by atomic mass is 32.2. The van der Waals surface area contributed by atoms with E-state index in [2.05, 4.69) is 27.6 Å². The molecule has 4 N–H and O–H groups in total. The Hall–Kier alpha value is -2.66. The van der Waals surface area contributed by atoms with Gasteiger partial charge < -0.3 is 10.0 Å². The zero-order valence-corrected chi connectivity index (χ0v) is 19.6. The van der Waals surface area contributed by atoms with Crippen molar-refractivity contribution in [1.82, 2.24) is 10.2 Å². The predicted molar refractivity (Wildman–Crippen MR) is 128 cm³/mol. The van der Waals surface area contributed by atoms with Crippen LogP contribution >= 0.6 is 0 Å². The molecule has 2 aliphatic rings. The largest absolute Gasteiger partial charge is 0.379 e. The lowest BCUT2D eigenvalue weighted by Crippen LogP contribution is -2.32. The second-order valence-corrected chi connectivity index (χ2v) is 9.63. The topological polar surface area (TPSA) is 125 Å². The Labute approximate surface area is 194 Å². The van der Waals surface area contributed by atoms with Crippen LogP contribution in [0.3, 0.4) is 0 Å². The van der Waals surface area contributed by atoms with Gasteiger partial charge in [0.1, 0.15) is 12.0 Å². The Balaban J connectivity index is 0.000000328. The van der Waals surface area contributed by atoms with E-state index in [0.717, 1.165) is 17.6 Å². The Morgan fingerprint density at radius 3 is 2.64 bits per heavy atom. The molecule has 2 heterocycles. The lowest BCUT2D eigenvalue weighted by atomic mass is 9.91. The van der Waals surface area contributed by atoms with Gasteiger partial charge in [-0.1, -0.05) is 36.4 Å². The van der Waals surface area contributed by atoms with Crippen LogP contribution in [0.2, 0.25) is 0 Å². The first-order valence-corrected chi connectivity index (χ1v) is 12.3. The summed E-state index contributed by atoms with van der Waals surface area (Å²) in [6, 6.07) is 6.50.